The third-order valence-corrected chi connectivity index (χ3v) is 6.91. The Balaban J connectivity index is 2.03. The van der Waals surface area contributed by atoms with E-state index in [4.69, 9.17) is 37.4 Å². The third kappa shape index (κ3) is 4.73. The molecule has 8 nitrogen and oxygen atoms in total. The van der Waals surface area contributed by atoms with Crippen LogP contribution in [0.5, 0.6) is 23.0 Å². The molecule has 0 bridgehead atoms. The van der Waals surface area contributed by atoms with Crippen LogP contribution in [0, 0.1) is 6.92 Å². The Morgan fingerprint density at radius 2 is 1.66 bits per heavy atom. The normalized spacial score (nSPS) is 16.6. The van der Waals surface area contributed by atoms with Crippen LogP contribution in [0.25, 0.3) is 5.76 Å². The number of hydrogen-bond donors (Lipinski definition) is 2. The number of aryl methyl sites for hydroxylation is 1. The number of carbonyl (C=O) groups excluding carboxylic acids is 2. The summed E-state index contributed by atoms with van der Waals surface area (Å²) in [7, 11) is 2.79. The van der Waals surface area contributed by atoms with Gasteiger partial charge in [0, 0.05) is 16.8 Å². The predicted molar refractivity (Wildman–Crippen MR) is 145 cm³/mol. The van der Waals surface area contributed by atoms with Gasteiger partial charge in [-0.1, -0.05) is 35.3 Å². The van der Waals surface area contributed by atoms with Gasteiger partial charge in [0.15, 0.2) is 11.5 Å². The van der Waals surface area contributed by atoms with Crippen molar-refractivity contribution in [3.8, 4) is 23.0 Å². The van der Waals surface area contributed by atoms with Crippen LogP contribution in [0.1, 0.15) is 29.7 Å². The minimum absolute atomic E-state index is 0.0995. The maximum absolute atomic E-state index is 13.5. The molecule has 0 spiro atoms. The molecule has 0 aliphatic carbocycles. The fourth-order valence-corrected chi connectivity index (χ4v) is 4.71. The van der Waals surface area contributed by atoms with Crippen LogP contribution in [0.15, 0.2) is 54.1 Å². The molecule has 1 atom stereocenters. The highest BCUT2D eigenvalue weighted by Crippen LogP contribution is 2.46. The molecular formula is C28H25Cl2NO7. The van der Waals surface area contributed by atoms with Crippen LogP contribution < -0.4 is 19.1 Å². The zero-order chi connectivity index (χ0) is 27.7. The Morgan fingerprint density at radius 1 is 0.947 bits per heavy atom. The van der Waals surface area contributed by atoms with Crippen molar-refractivity contribution in [3.63, 3.8) is 0 Å². The molecule has 1 unspecified atom stereocenters. The van der Waals surface area contributed by atoms with E-state index >= 15 is 0 Å². The molecule has 0 saturated carbocycles. The standard InChI is InChI=1S/C28H25Cl2NO7/c1-5-38-23-10-15(7-9-20(23)32)25-24(26(33)17-12-22(37-4)19(30)13-21(17)36-3)27(34)28(35)31(25)16-8-6-14(2)18(29)11-16/h6-13,25,32-33H,5H2,1-4H3/b26-24+. The number of phenolic OH excluding ortho intramolecular Hbond substituents is 1. The summed E-state index contributed by atoms with van der Waals surface area (Å²) in [6, 6.07) is 11.2. The van der Waals surface area contributed by atoms with E-state index in [1.54, 1.807) is 31.2 Å². The summed E-state index contributed by atoms with van der Waals surface area (Å²) in [4.78, 5) is 28.2. The number of amides is 1. The molecule has 4 rings (SSSR count). The van der Waals surface area contributed by atoms with Crippen LogP contribution in [-0.4, -0.2) is 42.7 Å². The number of aliphatic hydroxyl groups is 1. The van der Waals surface area contributed by atoms with Crippen LogP contribution >= 0.6 is 23.2 Å². The summed E-state index contributed by atoms with van der Waals surface area (Å²) in [5, 5.41) is 22.4. The van der Waals surface area contributed by atoms with Gasteiger partial charge in [-0.3, -0.25) is 14.5 Å². The second-order valence-electron chi connectivity index (χ2n) is 8.45. The second kappa shape index (κ2) is 10.8. The van der Waals surface area contributed by atoms with Gasteiger partial charge in [0.2, 0.25) is 0 Å². The molecule has 1 saturated heterocycles. The number of methoxy groups -OCH3 is 2. The highest BCUT2D eigenvalue weighted by Gasteiger charge is 2.47. The lowest BCUT2D eigenvalue weighted by Gasteiger charge is -2.26. The summed E-state index contributed by atoms with van der Waals surface area (Å²) in [6.07, 6.45) is 0. The SMILES string of the molecule is CCOc1cc(C2/C(=C(\O)c3cc(OC)c(Cl)cc3OC)C(=O)C(=O)N2c2ccc(C)c(Cl)c2)ccc1O. The molecule has 1 fully saturated rings. The molecule has 2 N–H and O–H groups in total. The van der Waals surface area contributed by atoms with Gasteiger partial charge in [-0.15, -0.1) is 0 Å². The molecule has 1 heterocycles. The number of benzene rings is 3. The Bertz CT molecular complexity index is 1470. The van der Waals surface area contributed by atoms with Gasteiger partial charge < -0.3 is 24.4 Å². The zero-order valence-corrected chi connectivity index (χ0v) is 22.6. The van der Waals surface area contributed by atoms with Gasteiger partial charge in [-0.25, -0.2) is 0 Å². The molecule has 0 aromatic heterocycles. The van der Waals surface area contributed by atoms with E-state index in [-0.39, 0.29) is 45.8 Å². The highest BCUT2D eigenvalue weighted by molar-refractivity contribution is 6.52. The number of nitrogens with zero attached hydrogens (tertiary/aromatic N) is 1. The van der Waals surface area contributed by atoms with Crippen molar-refractivity contribution >= 4 is 46.3 Å². The van der Waals surface area contributed by atoms with E-state index in [2.05, 4.69) is 0 Å². The minimum atomic E-state index is -1.10. The first-order valence-electron chi connectivity index (χ1n) is 11.6. The Labute approximate surface area is 229 Å². The van der Waals surface area contributed by atoms with E-state index in [1.807, 2.05) is 6.92 Å². The molecular weight excluding hydrogens is 533 g/mol. The van der Waals surface area contributed by atoms with Crippen LogP contribution in [0.3, 0.4) is 0 Å². The number of halogens is 2. The molecule has 1 aliphatic heterocycles. The quantitative estimate of drug-likeness (QED) is 0.207. The van der Waals surface area contributed by atoms with Gasteiger partial charge >= 0.3 is 0 Å². The van der Waals surface area contributed by atoms with E-state index < -0.39 is 23.5 Å². The van der Waals surface area contributed by atoms with Crippen LogP contribution in [0.2, 0.25) is 10.0 Å². The molecule has 10 heteroatoms. The molecule has 3 aromatic carbocycles. The van der Waals surface area contributed by atoms with Gasteiger partial charge in [-0.05, 0) is 55.3 Å². The fourth-order valence-electron chi connectivity index (χ4n) is 4.31. The van der Waals surface area contributed by atoms with Crippen LogP contribution in [0.4, 0.5) is 5.69 Å². The summed E-state index contributed by atoms with van der Waals surface area (Å²) >= 11 is 12.6. The van der Waals surface area contributed by atoms with Crippen molar-refractivity contribution in [1.29, 1.82) is 0 Å². The van der Waals surface area contributed by atoms with Crippen molar-refractivity contribution in [2.75, 3.05) is 25.7 Å². The largest absolute Gasteiger partial charge is 0.507 e. The fraction of sp³-hybridized carbons (Fsp3) is 0.214. The Hall–Kier alpha value is -3.88. The van der Waals surface area contributed by atoms with Gasteiger partial charge in [-0.2, -0.15) is 0 Å². The smallest absolute Gasteiger partial charge is 0.300 e. The maximum Gasteiger partial charge on any atom is 0.300 e. The van der Waals surface area contributed by atoms with Crippen molar-refractivity contribution in [2.45, 2.75) is 19.9 Å². The van der Waals surface area contributed by atoms with Gasteiger partial charge in [0.05, 0.1) is 43.0 Å². The number of phenols is 1. The summed E-state index contributed by atoms with van der Waals surface area (Å²) in [5.41, 5.74) is 1.43. The van der Waals surface area contributed by atoms with Gasteiger partial charge in [0.1, 0.15) is 17.3 Å². The summed E-state index contributed by atoms with van der Waals surface area (Å²) in [5.74, 6) is -1.86. The average molecular weight is 558 g/mol. The molecule has 3 aromatic rings. The lowest BCUT2D eigenvalue weighted by Crippen LogP contribution is -2.29. The topological polar surface area (TPSA) is 106 Å². The summed E-state index contributed by atoms with van der Waals surface area (Å²) in [6.45, 7) is 3.84. The lowest BCUT2D eigenvalue weighted by atomic mass is 9.94. The van der Waals surface area contributed by atoms with Crippen molar-refractivity contribution in [3.05, 3.63) is 80.8 Å². The van der Waals surface area contributed by atoms with E-state index in [1.165, 1.54) is 43.4 Å². The third-order valence-electron chi connectivity index (χ3n) is 6.21. The van der Waals surface area contributed by atoms with Crippen LogP contribution in [-0.2, 0) is 9.59 Å². The van der Waals surface area contributed by atoms with E-state index in [9.17, 15) is 19.8 Å². The summed E-state index contributed by atoms with van der Waals surface area (Å²) < 4.78 is 16.2. The number of aliphatic hydroxyl groups excluding tert-OH is 1. The highest BCUT2D eigenvalue weighted by atomic mass is 35.5. The molecule has 1 amide bonds. The predicted octanol–water partition coefficient (Wildman–Crippen LogP) is 6.05. The number of hydrogen-bond acceptors (Lipinski definition) is 7. The monoisotopic (exact) mass is 557 g/mol. The van der Waals surface area contributed by atoms with Crippen molar-refractivity contribution < 1.29 is 34.0 Å². The van der Waals surface area contributed by atoms with E-state index in [0.717, 1.165) is 5.56 Å². The van der Waals surface area contributed by atoms with Crippen molar-refractivity contribution in [1.82, 2.24) is 0 Å². The number of ketones is 1. The number of aromatic hydroxyl groups is 1. The number of rotatable bonds is 7. The molecule has 198 valence electrons. The Kier molecular flexibility index (Phi) is 7.76. The average Bonchev–Trinajstić information content (AvgIpc) is 3.16. The van der Waals surface area contributed by atoms with Gasteiger partial charge in [0.25, 0.3) is 11.7 Å². The first-order valence-corrected chi connectivity index (χ1v) is 12.3. The number of anilines is 1. The molecule has 38 heavy (non-hydrogen) atoms. The van der Waals surface area contributed by atoms with Crippen molar-refractivity contribution in [2.24, 2.45) is 0 Å². The minimum Gasteiger partial charge on any atom is -0.507 e. The first kappa shape index (κ1) is 27.2. The zero-order valence-electron chi connectivity index (χ0n) is 21.0. The number of ether oxygens (including phenoxy) is 3. The lowest BCUT2D eigenvalue weighted by molar-refractivity contribution is -0.132. The maximum atomic E-state index is 13.5. The van der Waals surface area contributed by atoms with E-state index in [0.29, 0.717) is 16.3 Å². The first-order chi connectivity index (χ1) is 18.1. The number of Topliss-reactive ketones (excluding diaryl/α,β-unsaturated/α-hetero) is 1. The molecule has 1 aliphatic rings. The second-order valence-corrected chi connectivity index (χ2v) is 9.26. The molecule has 0 radical (unpaired) electrons. The number of carbonyl (C=O) groups is 2. The Morgan fingerprint density at radius 3 is 2.29 bits per heavy atom.